The van der Waals surface area contributed by atoms with Gasteiger partial charge in [-0.05, 0) is 44.4 Å². The van der Waals surface area contributed by atoms with E-state index in [9.17, 15) is 4.79 Å². The summed E-state index contributed by atoms with van der Waals surface area (Å²) in [6.07, 6.45) is 8.11. The zero-order valence-electron chi connectivity index (χ0n) is 10.3. The SMILES string of the molecule is CC1CCC(NC(=O)CCNC2CC2)CC1. The fourth-order valence-electron chi connectivity index (χ4n) is 2.38. The van der Waals surface area contributed by atoms with Gasteiger partial charge in [0.15, 0.2) is 0 Å². The molecular formula is C13H24N2O. The standard InChI is InChI=1S/C13H24N2O/c1-10-2-4-12(5-3-10)15-13(16)8-9-14-11-6-7-11/h10-12,14H,2-9H2,1H3,(H,15,16). The normalized spacial score (nSPS) is 30.1. The first-order chi connectivity index (χ1) is 7.74. The summed E-state index contributed by atoms with van der Waals surface area (Å²) in [5, 5.41) is 6.53. The van der Waals surface area contributed by atoms with Gasteiger partial charge in [0.2, 0.25) is 5.91 Å². The van der Waals surface area contributed by atoms with Crippen molar-refractivity contribution in [3.05, 3.63) is 0 Å². The molecule has 0 spiro atoms. The van der Waals surface area contributed by atoms with Crippen LogP contribution in [0, 0.1) is 5.92 Å². The minimum atomic E-state index is 0.229. The lowest BCUT2D eigenvalue weighted by molar-refractivity contribution is -0.121. The van der Waals surface area contributed by atoms with Crippen LogP contribution in [0.15, 0.2) is 0 Å². The molecule has 0 heterocycles. The maximum Gasteiger partial charge on any atom is 0.221 e. The van der Waals surface area contributed by atoms with Crippen LogP contribution in [-0.4, -0.2) is 24.5 Å². The monoisotopic (exact) mass is 224 g/mol. The lowest BCUT2D eigenvalue weighted by atomic mass is 9.87. The summed E-state index contributed by atoms with van der Waals surface area (Å²) in [6, 6.07) is 1.16. The number of carbonyl (C=O) groups is 1. The predicted molar refractivity (Wildman–Crippen MR) is 65.2 cm³/mol. The second-order valence-electron chi connectivity index (χ2n) is 5.50. The van der Waals surface area contributed by atoms with E-state index in [1.165, 1.54) is 38.5 Å². The van der Waals surface area contributed by atoms with Gasteiger partial charge >= 0.3 is 0 Å². The molecule has 0 aromatic rings. The van der Waals surface area contributed by atoms with Crippen molar-refractivity contribution in [2.45, 2.75) is 64.0 Å². The zero-order chi connectivity index (χ0) is 11.4. The molecule has 0 aromatic heterocycles. The minimum absolute atomic E-state index is 0.229. The van der Waals surface area contributed by atoms with E-state index < -0.39 is 0 Å². The lowest BCUT2D eigenvalue weighted by Gasteiger charge is -2.26. The minimum Gasteiger partial charge on any atom is -0.353 e. The summed E-state index contributed by atoms with van der Waals surface area (Å²) in [4.78, 5) is 11.6. The molecule has 0 atom stereocenters. The average Bonchev–Trinajstić information content (AvgIpc) is 3.05. The fourth-order valence-corrected chi connectivity index (χ4v) is 2.38. The molecule has 3 heteroatoms. The summed E-state index contributed by atoms with van der Waals surface area (Å²) in [7, 11) is 0. The van der Waals surface area contributed by atoms with E-state index in [0.717, 1.165) is 12.5 Å². The number of rotatable bonds is 5. The smallest absolute Gasteiger partial charge is 0.221 e. The fraction of sp³-hybridized carbons (Fsp3) is 0.923. The van der Waals surface area contributed by atoms with E-state index >= 15 is 0 Å². The molecule has 2 saturated carbocycles. The molecule has 0 saturated heterocycles. The predicted octanol–water partition coefficient (Wildman–Crippen LogP) is 1.82. The second kappa shape index (κ2) is 5.67. The largest absolute Gasteiger partial charge is 0.353 e. The van der Waals surface area contributed by atoms with Gasteiger partial charge in [-0.1, -0.05) is 6.92 Å². The highest BCUT2D eigenvalue weighted by Gasteiger charge is 2.21. The van der Waals surface area contributed by atoms with Gasteiger partial charge in [0, 0.05) is 25.0 Å². The van der Waals surface area contributed by atoms with Crippen LogP contribution in [0.25, 0.3) is 0 Å². The molecular weight excluding hydrogens is 200 g/mol. The quantitative estimate of drug-likeness (QED) is 0.748. The van der Waals surface area contributed by atoms with Crippen LogP contribution in [0.5, 0.6) is 0 Å². The van der Waals surface area contributed by atoms with Crippen molar-refractivity contribution in [3.8, 4) is 0 Å². The Morgan fingerprint density at radius 2 is 1.69 bits per heavy atom. The molecule has 2 rings (SSSR count). The maximum absolute atomic E-state index is 11.6. The highest BCUT2D eigenvalue weighted by Crippen LogP contribution is 2.23. The highest BCUT2D eigenvalue weighted by atomic mass is 16.1. The van der Waals surface area contributed by atoms with Crippen molar-refractivity contribution in [1.82, 2.24) is 10.6 Å². The molecule has 3 nitrogen and oxygen atoms in total. The highest BCUT2D eigenvalue weighted by molar-refractivity contribution is 5.76. The van der Waals surface area contributed by atoms with Gasteiger partial charge in [0.1, 0.15) is 0 Å². The first kappa shape index (κ1) is 11.9. The first-order valence-electron chi connectivity index (χ1n) is 6.77. The Morgan fingerprint density at radius 3 is 2.31 bits per heavy atom. The Labute approximate surface area is 98.4 Å². The molecule has 0 radical (unpaired) electrons. The Kier molecular flexibility index (Phi) is 4.22. The average molecular weight is 224 g/mol. The summed E-state index contributed by atoms with van der Waals surface area (Å²) >= 11 is 0. The third-order valence-corrected chi connectivity index (χ3v) is 3.74. The molecule has 16 heavy (non-hydrogen) atoms. The van der Waals surface area contributed by atoms with Crippen LogP contribution >= 0.6 is 0 Å². The molecule has 92 valence electrons. The topological polar surface area (TPSA) is 41.1 Å². The van der Waals surface area contributed by atoms with Gasteiger partial charge in [-0.3, -0.25) is 4.79 Å². The van der Waals surface area contributed by atoms with Crippen molar-refractivity contribution in [2.24, 2.45) is 5.92 Å². The summed E-state index contributed by atoms with van der Waals surface area (Å²) in [5.41, 5.74) is 0. The number of amides is 1. The third-order valence-electron chi connectivity index (χ3n) is 3.74. The first-order valence-corrected chi connectivity index (χ1v) is 6.77. The van der Waals surface area contributed by atoms with Crippen LogP contribution in [-0.2, 0) is 4.79 Å². The molecule has 2 N–H and O–H groups in total. The summed E-state index contributed by atoms with van der Waals surface area (Å²) in [5.74, 6) is 1.08. The number of nitrogens with one attached hydrogen (secondary N) is 2. The van der Waals surface area contributed by atoms with E-state index in [-0.39, 0.29) is 5.91 Å². The lowest BCUT2D eigenvalue weighted by Crippen LogP contribution is -2.38. The molecule has 0 aromatic carbocycles. The van der Waals surface area contributed by atoms with Crippen molar-refractivity contribution < 1.29 is 4.79 Å². The van der Waals surface area contributed by atoms with Gasteiger partial charge in [0.25, 0.3) is 0 Å². The van der Waals surface area contributed by atoms with Crippen LogP contribution in [0.1, 0.15) is 51.9 Å². The van der Waals surface area contributed by atoms with E-state index in [1.807, 2.05) is 0 Å². The summed E-state index contributed by atoms with van der Waals surface area (Å²) < 4.78 is 0. The van der Waals surface area contributed by atoms with Crippen molar-refractivity contribution in [1.29, 1.82) is 0 Å². The third kappa shape index (κ3) is 4.12. The number of hydrogen-bond acceptors (Lipinski definition) is 2. The van der Waals surface area contributed by atoms with Crippen molar-refractivity contribution >= 4 is 5.91 Å². The molecule has 0 aliphatic heterocycles. The van der Waals surface area contributed by atoms with E-state index in [2.05, 4.69) is 17.6 Å². The Morgan fingerprint density at radius 1 is 1.06 bits per heavy atom. The van der Waals surface area contributed by atoms with Crippen molar-refractivity contribution in [3.63, 3.8) is 0 Å². The maximum atomic E-state index is 11.6. The number of hydrogen-bond donors (Lipinski definition) is 2. The van der Waals surface area contributed by atoms with Gasteiger partial charge < -0.3 is 10.6 Å². The Hall–Kier alpha value is -0.570. The van der Waals surface area contributed by atoms with E-state index in [4.69, 9.17) is 0 Å². The van der Waals surface area contributed by atoms with Crippen LogP contribution in [0.3, 0.4) is 0 Å². The van der Waals surface area contributed by atoms with Gasteiger partial charge in [0.05, 0.1) is 0 Å². The second-order valence-corrected chi connectivity index (χ2v) is 5.50. The molecule has 0 bridgehead atoms. The van der Waals surface area contributed by atoms with E-state index in [1.54, 1.807) is 0 Å². The number of carbonyl (C=O) groups excluding carboxylic acids is 1. The molecule has 1 amide bonds. The summed E-state index contributed by atoms with van der Waals surface area (Å²) in [6.45, 7) is 3.15. The van der Waals surface area contributed by atoms with Gasteiger partial charge in [-0.25, -0.2) is 0 Å². The van der Waals surface area contributed by atoms with E-state index in [0.29, 0.717) is 18.5 Å². The van der Waals surface area contributed by atoms with Crippen LogP contribution in [0.4, 0.5) is 0 Å². The Bertz CT molecular complexity index is 230. The molecule has 2 aliphatic carbocycles. The Balaban J connectivity index is 1.55. The van der Waals surface area contributed by atoms with Crippen LogP contribution < -0.4 is 10.6 Å². The van der Waals surface area contributed by atoms with Gasteiger partial charge in [-0.2, -0.15) is 0 Å². The zero-order valence-corrected chi connectivity index (χ0v) is 10.3. The molecule has 0 unspecified atom stereocenters. The molecule has 2 aliphatic rings. The van der Waals surface area contributed by atoms with Crippen molar-refractivity contribution in [2.75, 3.05) is 6.54 Å². The van der Waals surface area contributed by atoms with Gasteiger partial charge in [-0.15, -0.1) is 0 Å². The van der Waals surface area contributed by atoms with Crippen LogP contribution in [0.2, 0.25) is 0 Å². The molecule has 2 fully saturated rings.